The van der Waals surface area contributed by atoms with E-state index < -0.39 is 53.9 Å². The first-order chi connectivity index (χ1) is 19.4. The second kappa shape index (κ2) is 15.8. The van der Waals surface area contributed by atoms with Crippen molar-refractivity contribution in [3.63, 3.8) is 0 Å². The summed E-state index contributed by atoms with van der Waals surface area (Å²) in [6, 6.07) is 11.2. The van der Waals surface area contributed by atoms with Crippen LogP contribution in [0.2, 0.25) is 15.1 Å². The second-order valence-electron chi connectivity index (χ2n) is 8.73. The molecule has 6 atom stereocenters. The summed E-state index contributed by atoms with van der Waals surface area (Å²) in [7, 11) is 0. The highest BCUT2D eigenvalue weighted by atomic mass is 35.5. The molecule has 1 heterocycles. The van der Waals surface area contributed by atoms with E-state index in [9.17, 15) is 19.5 Å². The molecule has 0 bridgehead atoms. The Morgan fingerprint density at radius 3 is 2.32 bits per heavy atom. The van der Waals surface area contributed by atoms with Gasteiger partial charge in [0, 0.05) is 29.3 Å². The number of halogens is 3. The fraction of sp³-hybridized carbons (Fsp3) is 0.393. The van der Waals surface area contributed by atoms with Crippen LogP contribution < -0.4 is 0 Å². The van der Waals surface area contributed by atoms with Gasteiger partial charge in [0.1, 0.15) is 37.0 Å². The monoisotopic (exact) mass is 644 g/mol. The lowest BCUT2D eigenvalue weighted by Crippen LogP contribution is -2.61. The van der Waals surface area contributed by atoms with Crippen molar-refractivity contribution in [3.8, 4) is 11.8 Å². The van der Waals surface area contributed by atoms with E-state index in [1.165, 1.54) is 20.8 Å². The number of ketones is 1. The summed E-state index contributed by atoms with van der Waals surface area (Å²) in [4.78, 5) is 36.8. The molecule has 0 radical (unpaired) electrons. The first kappa shape index (κ1) is 33.2. The number of Topliss-reactive ketones (excluding diaryl/α,β-unsaturated/α-hetero) is 1. The summed E-state index contributed by atoms with van der Waals surface area (Å²) in [6.45, 7) is 3.31. The zero-order valence-electron chi connectivity index (χ0n) is 22.2. The summed E-state index contributed by atoms with van der Waals surface area (Å²) >= 11 is 19.3. The topological polar surface area (TPSA) is 118 Å². The quantitative estimate of drug-likeness (QED) is 0.125. The van der Waals surface area contributed by atoms with Crippen molar-refractivity contribution < 1.29 is 43.2 Å². The average Bonchev–Trinajstić information content (AvgIpc) is 2.90. The minimum absolute atomic E-state index is 0.251. The molecular weight excluding hydrogens is 619 g/mol. The Labute approximate surface area is 256 Å². The van der Waals surface area contributed by atoms with Gasteiger partial charge in [-0.2, -0.15) is 0 Å². The van der Waals surface area contributed by atoms with Gasteiger partial charge in [0.05, 0.1) is 10.0 Å². The smallest absolute Gasteiger partial charge is 0.303 e. The van der Waals surface area contributed by atoms with Gasteiger partial charge in [-0.3, -0.25) is 14.4 Å². The van der Waals surface area contributed by atoms with Crippen LogP contribution in [-0.2, 0) is 33.3 Å². The van der Waals surface area contributed by atoms with E-state index >= 15 is 0 Å². The molecule has 1 fully saturated rings. The molecule has 0 aromatic heterocycles. The largest absolute Gasteiger partial charge is 0.463 e. The van der Waals surface area contributed by atoms with E-state index in [0.29, 0.717) is 25.5 Å². The van der Waals surface area contributed by atoms with Crippen LogP contribution in [-0.4, -0.2) is 72.2 Å². The molecule has 1 aliphatic rings. The number of aliphatic hydroxyl groups is 1. The number of thioether (sulfide) groups is 1. The van der Waals surface area contributed by atoms with Gasteiger partial charge in [-0.15, -0.1) is 0 Å². The Kier molecular flexibility index (Phi) is 12.8. The molecule has 2 aromatic carbocycles. The Bertz CT molecular complexity index is 1290. The second-order valence-corrected chi connectivity index (χ2v) is 11.1. The third-order valence-electron chi connectivity index (χ3n) is 5.50. The van der Waals surface area contributed by atoms with Gasteiger partial charge in [0.2, 0.25) is 5.78 Å². The number of hydrogen-bond donors (Lipinski definition) is 1. The third-order valence-corrected chi connectivity index (χ3v) is 7.63. The average molecular weight is 646 g/mol. The van der Waals surface area contributed by atoms with E-state index in [-0.39, 0.29) is 13.2 Å². The molecule has 0 spiro atoms. The van der Waals surface area contributed by atoms with Crippen molar-refractivity contribution in [1.82, 2.24) is 0 Å². The standard InChI is InChI=1S/C28H27Cl3O9S/c1-15(32)37-14-24-25(38-16(2)33)26(36-12-4-5-23(35)18-6-8-19(29)9-7-18)27(39-17(3)34)28(40-24)41-20-10-11-21(30)22(31)13-20/h6-11,13,16,24-28,33H,12,14H2,1-3H3/t16?,24?,25-,26?,27?,28+/m0/s1. The van der Waals surface area contributed by atoms with Crippen LogP contribution in [0.15, 0.2) is 47.4 Å². The molecule has 1 aliphatic heterocycles. The normalized spacial score (nSPS) is 22.7. The summed E-state index contributed by atoms with van der Waals surface area (Å²) in [5.74, 6) is 3.50. The fourth-order valence-electron chi connectivity index (χ4n) is 3.82. The van der Waals surface area contributed by atoms with Crippen molar-refractivity contribution in [2.24, 2.45) is 0 Å². The summed E-state index contributed by atoms with van der Waals surface area (Å²) in [5, 5.41) is 11.2. The first-order valence-corrected chi connectivity index (χ1v) is 14.3. The van der Waals surface area contributed by atoms with E-state index in [1.54, 1.807) is 42.5 Å². The zero-order valence-corrected chi connectivity index (χ0v) is 25.3. The van der Waals surface area contributed by atoms with Crippen molar-refractivity contribution >= 4 is 64.3 Å². The maximum Gasteiger partial charge on any atom is 0.303 e. The molecular formula is C28H27Cl3O9S. The van der Waals surface area contributed by atoms with E-state index in [2.05, 4.69) is 11.8 Å². The first-order valence-electron chi connectivity index (χ1n) is 12.3. The van der Waals surface area contributed by atoms with Gasteiger partial charge in [-0.25, -0.2) is 0 Å². The van der Waals surface area contributed by atoms with Gasteiger partial charge in [0.15, 0.2) is 12.4 Å². The van der Waals surface area contributed by atoms with Crippen LogP contribution >= 0.6 is 46.6 Å². The van der Waals surface area contributed by atoms with Crippen molar-refractivity contribution in [1.29, 1.82) is 0 Å². The lowest BCUT2D eigenvalue weighted by atomic mass is 9.99. The van der Waals surface area contributed by atoms with Crippen LogP contribution in [0.5, 0.6) is 0 Å². The molecule has 1 saturated heterocycles. The number of ether oxygens (including phenoxy) is 5. The molecule has 0 amide bonds. The fourth-order valence-corrected chi connectivity index (χ4v) is 5.45. The van der Waals surface area contributed by atoms with E-state index in [4.69, 9.17) is 58.5 Å². The number of carbonyl (C=O) groups excluding carboxylic acids is 3. The summed E-state index contributed by atoms with van der Waals surface area (Å²) < 4.78 is 28.7. The van der Waals surface area contributed by atoms with Gasteiger partial charge in [0.25, 0.3) is 0 Å². The van der Waals surface area contributed by atoms with Gasteiger partial charge in [-0.1, -0.05) is 52.5 Å². The molecule has 220 valence electrons. The van der Waals surface area contributed by atoms with Crippen molar-refractivity contribution in [2.75, 3.05) is 13.2 Å². The maximum atomic E-state index is 12.4. The number of esters is 2. The van der Waals surface area contributed by atoms with E-state index in [1.807, 2.05) is 0 Å². The lowest BCUT2D eigenvalue weighted by molar-refractivity contribution is -0.268. The number of benzene rings is 2. The van der Waals surface area contributed by atoms with Crippen LogP contribution in [0, 0.1) is 11.8 Å². The highest BCUT2D eigenvalue weighted by Crippen LogP contribution is 2.39. The number of carbonyl (C=O) groups is 3. The predicted molar refractivity (Wildman–Crippen MR) is 153 cm³/mol. The molecule has 2 aromatic rings. The minimum atomic E-state index is -1.29. The summed E-state index contributed by atoms with van der Waals surface area (Å²) in [6.07, 6.45) is -5.46. The van der Waals surface area contributed by atoms with Crippen LogP contribution in [0.3, 0.4) is 0 Å². The van der Waals surface area contributed by atoms with E-state index in [0.717, 1.165) is 11.8 Å². The van der Waals surface area contributed by atoms with Crippen molar-refractivity contribution in [2.45, 2.75) is 61.8 Å². The molecule has 3 rings (SSSR count). The Morgan fingerprint density at radius 1 is 1.00 bits per heavy atom. The van der Waals surface area contributed by atoms with Gasteiger partial charge in [-0.05, 0) is 55.3 Å². The number of hydrogen-bond acceptors (Lipinski definition) is 10. The molecule has 0 saturated carbocycles. The molecule has 9 nitrogen and oxygen atoms in total. The number of rotatable bonds is 10. The summed E-state index contributed by atoms with van der Waals surface area (Å²) in [5.41, 5.74) is -0.556. The van der Waals surface area contributed by atoms with Gasteiger partial charge >= 0.3 is 11.9 Å². The highest BCUT2D eigenvalue weighted by Gasteiger charge is 2.50. The maximum absolute atomic E-state index is 12.4. The highest BCUT2D eigenvalue weighted by molar-refractivity contribution is 7.99. The zero-order chi connectivity index (χ0) is 30.1. The Balaban J connectivity index is 1.92. The third kappa shape index (κ3) is 10.2. The van der Waals surface area contributed by atoms with Crippen LogP contribution in [0.25, 0.3) is 0 Å². The van der Waals surface area contributed by atoms with Gasteiger partial charge < -0.3 is 28.8 Å². The molecule has 4 unspecified atom stereocenters. The Hall–Kier alpha value is -2.33. The Morgan fingerprint density at radius 2 is 1.71 bits per heavy atom. The van der Waals surface area contributed by atoms with Crippen LogP contribution in [0.1, 0.15) is 31.1 Å². The molecule has 0 aliphatic carbocycles. The van der Waals surface area contributed by atoms with Crippen LogP contribution in [0.4, 0.5) is 0 Å². The molecule has 13 heteroatoms. The lowest BCUT2D eigenvalue weighted by Gasteiger charge is -2.45. The number of aliphatic hydroxyl groups excluding tert-OH is 1. The SMILES string of the molecule is CC(=O)OCC1O[C@H](Sc2ccc(Cl)c(Cl)c2)C(OC(C)=O)C(OCC#CC(=O)c2ccc(Cl)cc2)[C@H]1OC(C)O. The minimum Gasteiger partial charge on any atom is -0.463 e. The molecule has 1 N–H and O–H groups in total. The predicted octanol–water partition coefficient (Wildman–Crippen LogP) is 4.95. The van der Waals surface area contributed by atoms with Crippen molar-refractivity contribution in [3.05, 3.63) is 63.1 Å². The molecule has 41 heavy (non-hydrogen) atoms.